The van der Waals surface area contributed by atoms with Gasteiger partial charge < -0.3 is 5.73 Å². The van der Waals surface area contributed by atoms with Gasteiger partial charge in [-0.15, -0.1) is 0 Å². The number of primary amides is 1. The summed E-state index contributed by atoms with van der Waals surface area (Å²) < 4.78 is 0. The molecule has 0 spiro atoms. The largest absolute Gasteiger partial charge is 0.369 e. The Balaban J connectivity index is 3.13. The van der Waals surface area contributed by atoms with E-state index in [4.69, 9.17) is 11.0 Å². The number of nitrogens with two attached hydrogens (primary N) is 1. The zero-order valence-electron chi connectivity index (χ0n) is 9.31. The molecule has 0 radical (unpaired) electrons. The molecule has 1 rings (SSSR count). The van der Waals surface area contributed by atoms with E-state index >= 15 is 0 Å². The molecule has 0 aliphatic heterocycles. The van der Waals surface area contributed by atoms with E-state index in [9.17, 15) is 4.79 Å². The fourth-order valence-electron chi connectivity index (χ4n) is 1.12. The number of hydrogen-bond donors (Lipinski definition) is 1. The summed E-state index contributed by atoms with van der Waals surface area (Å²) in [5.41, 5.74) is 6.19. The summed E-state index contributed by atoms with van der Waals surface area (Å²) in [6.07, 6.45) is 0. The van der Waals surface area contributed by atoms with E-state index in [0.29, 0.717) is 22.1 Å². The van der Waals surface area contributed by atoms with Gasteiger partial charge in [-0.2, -0.15) is 5.26 Å². The summed E-state index contributed by atoms with van der Waals surface area (Å²) in [7, 11) is 0. The molecule has 2 N–H and O–H groups in total. The fraction of sp³-hybridized carbons (Fsp3) is 0.400. The molecule has 1 amide bonds. The van der Waals surface area contributed by atoms with Crippen LogP contribution in [0.4, 0.5) is 0 Å². The van der Waals surface area contributed by atoms with E-state index < -0.39 is 11.2 Å². The lowest BCUT2D eigenvalue weighted by Crippen LogP contribution is -2.23. The number of aryl methyl sites for hydroxylation is 2. The predicted octanol–water partition coefficient (Wildman–Crippen LogP) is 0.931. The molecule has 1 heterocycles. The third kappa shape index (κ3) is 2.70. The maximum atomic E-state index is 10.9. The minimum Gasteiger partial charge on any atom is -0.369 e. The van der Waals surface area contributed by atoms with Crippen molar-refractivity contribution in [2.45, 2.75) is 31.0 Å². The summed E-state index contributed by atoms with van der Waals surface area (Å²) in [5, 5.41) is 9.08. The van der Waals surface area contributed by atoms with Crippen molar-refractivity contribution in [3.63, 3.8) is 0 Å². The quantitative estimate of drug-likeness (QED) is 0.622. The molecule has 0 saturated heterocycles. The Morgan fingerprint density at radius 3 is 2.62 bits per heavy atom. The van der Waals surface area contributed by atoms with Crippen LogP contribution < -0.4 is 5.73 Å². The van der Waals surface area contributed by atoms with Gasteiger partial charge >= 0.3 is 0 Å². The average molecular weight is 236 g/mol. The highest BCUT2D eigenvalue weighted by Gasteiger charge is 2.16. The molecular formula is C10H12N4OS. The Hall–Kier alpha value is -1.61. The van der Waals surface area contributed by atoms with Gasteiger partial charge in [0.15, 0.2) is 0 Å². The molecule has 0 fully saturated rings. The van der Waals surface area contributed by atoms with Crippen molar-refractivity contribution in [3.05, 3.63) is 17.1 Å². The van der Waals surface area contributed by atoms with Gasteiger partial charge in [0.2, 0.25) is 5.91 Å². The number of carbonyl (C=O) groups excluding carboxylic acids is 1. The molecule has 6 heteroatoms. The smallest absolute Gasteiger partial charge is 0.230 e. The molecule has 1 unspecified atom stereocenters. The summed E-state index contributed by atoms with van der Waals surface area (Å²) in [6, 6.07) is 2.04. The maximum absolute atomic E-state index is 10.9. The number of rotatable bonds is 3. The van der Waals surface area contributed by atoms with Crippen molar-refractivity contribution in [1.29, 1.82) is 5.26 Å². The number of nitrogens with zero attached hydrogens (tertiary/aromatic N) is 3. The molecule has 0 saturated carbocycles. The van der Waals surface area contributed by atoms with Crippen LogP contribution in [0.25, 0.3) is 0 Å². The van der Waals surface area contributed by atoms with Gasteiger partial charge in [0.1, 0.15) is 22.5 Å². The van der Waals surface area contributed by atoms with E-state index in [-0.39, 0.29) is 0 Å². The van der Waals surface area contributed by atoms with Gasteiger partial charge in [-0.3, -0.25) is 4.79 Å². The van der Waals surface area contributed by atoms with Gasteiger partial charge in [0, 0.05) is 0 Å². The minimum absolute atomic E-state index is 0.406. The fourth-order valence-corrected chi connectivity index (χ4v) is 2.07. The monoisotopic (exact) mass is 236 g/mol. The number of amides is 1. The number of aromatic nitrogens is 2. The highest BCUT2D eigenvalue weighted by Crippen LogP contribution is 2.25. The van der Waals surface area contributed by atoms with Crippen LogP contribution in [-0.4, -0.2) is 21.1 Å². The van der Waals surface area contributed by atoms with Gasteiger partial charge in [0.25, 0.3) is 0 Å². The summed E-state index contributed by atoms with van der Waals surface area (Å²) >= 11 is 1.18. The van der Waals surface area contributed by atoms with Crippen LogP contribution in [0.1, 0.15) is 24.0 Å². The Labute approximate surface area is 98.1 Å². The molecule has 16 heavy (non-hydrogen) atoms. The first-order chi connectivity index (χ1) is 7.45. The van der Waals surface area contributed by atoms with Crippen molar-refractivity contribution in [2.75, 3.05) is 0 Å². The second kappa shape index (κ2) is 4.94. The van der Waals surface area contributed by atoms with Gasteiger partial charge in [-0.25, -0.2) is 9.97 Å². The summed E-state index contributed by atoms with van der Waals surface area (Å²) in [5.74, 6) is 0.151. The molecule has 1 aromatic heterocycles. The van der Waals surface area contributed by atoms with Crippen LogP contribution in [-0.2, 0) is 4.79 Å². The number of carbonyl (C=O) groups is 1. The first kappa shape index (κ1) is 12.5. The molecular weight excluding hydrogens is 224 g/mol. The van der Waals surface area contributed by atoms with Crippen molar-refractivity contribution < 1.29 is 4.79 Å². The normalized spacial score (nSPS) is 11.9. The first-order valence-electron chi connectivity index (χ1n) is 4.67. The van der Waals surface area contributed by atoms with E-state index in [1.165, 1.54) is 11.8 Å². The van der Waals surface area contributed by atoms with Gasteiger partial charge in [0.05, 0.1) is 10.9 Å². The average Bonchev–Trinajstić information content (AvgIpc) is 2.16. The highest BCUT2D eigenvalue weighted by atomic mass is 32.2. The van der Waals surface area contributed by atoms with Crippen LogP contribution in [0.15, 0.2) is 5.03 Å². The highest BCUT2D eigenvalue weighted by molar-refractivity contribution is 8.00. The van der Waals surface area contributed by atoms with E-state index in [2.05, 4.69) is 9.97 Å². The van der Waals surface area contributed by atoms with Crippen molar-refractivity contribution in [3.8, 4) is 6.07 Å². The zero-order chi connectivity index (χ0) is 12.3. The number of hydrogen-bond acceptors (Lipinski definition) is 5. The molecule has 0 aromatic carbocycles. The molecule has 0 aliphatic rings. The van der Waals surface area contributed by atoms with Crippen molar-refractivity contribution in [2.24, 2.45) is 5.73 Å². The lowest BCUT2D eigenvalue weighted by molar-refractivity contribution is -0.117. The summed E-state index contributed by atoms with van der Waals surface area (Å²) in [6.45, 7) is 5.17. The topological polar surface area (TPSA) is 92.7 Å². The minimum atomic E-state index is -0.428. The summed E-state index contributed by atoms with van der Waals surface area (Å²) in [4.78, 5) is 19.2. The lowest BCUT2D eigenvalue weighted by Gasteiger charge is -2.09. The standard InChI is InChI=1S/C10H12N4OS/c1-5-8(4-11)10(14-7(3)13-5)16-6(2)9(12)15/h6H,1-3H3,(H2,12,15). The van der Waals surface area contributed by atoms with E-state index in [1.54, 1.807) is 20.8 Å². The Kier molecular flexibility index (Phi) is 3.85. The molecule has 5 nitrogen and oxygen atoms in total. The van der Waals surface area contributed by atoms with Gasteiger partial charge in [-0.05, 0) is 20.8 Å². The second-order valence-corrected chi connectivity index (χ2v) is 4.64. The van der Waals surface area contributed by atoms with Crippen LogP contribution in [0.2, 0.25) is 0 Å². The maximum Gasteiger partial charge on any atom is 0.230 e. The van der Waals surface area contributed by atoms with Crippen LogP contribution in [0.3, 0.4) is 0 Å². The SMILES string of the molecule is Cc1nc(C)c(C#N)c(SC(C)C(N)=O)n1. The predicted molar refractivity (Wildman–Crippen MR) is 60.7 cm³/mol. The third-order valence-electron chi connectivity index (χ3n) is 1.97. The zero-order valence-corrected chi connectivity index (χ0v) is 10.1. The van der Waals surface area contributed by atoms with Crippen LogP contribution in [0, 0.1) is 25.2 Å². The Morgan fingerprint density at radius 2 is 2.12 bits per heavy atom. The van der Waals surface area contributed by atoms with Crippen LogP contribution >= 0.6 is 11.8 Å². The van der Waals surface area contributed by atoms with E-state index in [1.807, 2.05) is 6.07 Å². The van der Waals surface area contributed by atoms with Crippen LogP contribution in [0.5, 0.6) is 0 Å². The Morgan fingerprint density at radius 1 is 1.50 bits per heavy atom. The molecule has 0 bridgehead atoms. The van der Waals surface area contributed by atoms with Gasteiger partial charge in [-0.1, -0.05) is 11.8 Å². The molecule has 84 valence electrons. The molecule has 1 aromatic rings. The first-order valence-corrected chi connectivity index (χ1v) is 5.55. The lowest BCUT2D eigenvalue weighted by atomic mass is 10.3. The van der Waals surface area contributed by atoms with Crippen molar-refractivity contribution >= 4 is 17.7 Å². The molecule has 1 atom stereocenters. The third-order valence-corrected chi connectivity index (χ3v) is 3.07. The second-order valence-electron chi connectivity index (χ2n) is 3.31. The van der Waals surface area contributed by atoms with E-state index in [0.717, 1.165) is 0 Å². The van der Waals surface area contributed by atoms with Crippen molar-refractivity contribution in [1.82, 2.24) is 9.97 Å². The Bertz CT molecular complexity index is 467. The number of nitriles is 1. The molecule has 0 aliphatic carbocycles. The number of thioether (sulfide) groups is 1.